The van der Waals surface area contributed by atoms with Crippen LogP contribution >= 0.6 is 0 Å². The lowest BCUT2D eigenvalue weighted by Crippen LogP contribution is -2.28. The van der Waals surface area contributed by atoms with Crippen LogP contribution in [-0.2, 0) is 9.63 Å². The molecule has 1 aliphatic rings. The van der Waals surface area contributed by atoms with Gasteiger partial charge in [-0.25, -0.2) is 0 Å². The molecule has 110 valence electrons. The molecule has 1 aliphatic heterocycles. The van der Waals surface area contributed by atoms with Gasteiger partial charge in [-0.05, 0) is 24.6 Å². The molecule has 1 heterocycles. The Morgan fingerprint density at radius 2 is 2.25 bits per heavy atom. The highest BCUT2D eigenvalue weighted by Crippen LogP contribution is 2.30. The first-order valence-electron chi connectivity index (χ1n) is 5.86. The predicted octanol–water partition coefficient (Wildman–Crippen LogP) is 2.16. The molecule has 1 unspecified atom stereocenters. The number of fused-ring (bicyclic) bond motifs is 1. The van der Waals surface area contributed by atoms with Gasteiger partial charge in [0, 0.05) is 0 Å². The van der Waals surface area contributed by atoms with Crippen molar-refractivity contribution in [2.24, 2.45) is 0 Å². The molecule has 0 saturated heterocycles. The Labute approximate surface area is 113 Å². The lowest BCUT2D eigenvalue weighted by Gasteiger charge is -2.21. The van der Waals surface area contributed by atoms with Crippen LogP contribution in [0.5, 0.6) is 5.75 Å². The number of halogens is 3. The molecule has 1 aromatic carbocycles. The summed E-state index contributed by atoms with van der Waals surface area (Å²) in [5, 5.41) is 2.62. The third kappa shape index (κ3) is 3.84. The third-order valence-corrected chi connectivity index (χ3v) is 2.63. The van der Waals surface area contributed by atoms with E-state index in [-0.39, 0.29) is 12.5 Å². The fraction of sp³-hybridized carbons (Fsp3) is 0.417. The summed E-state index contributed by atoms with van der Waals surface area (Å²) in [6.07, 6.45) is -4.38. The van der Waals surface area contributed by atoms with E-state index in [9.17, 15) is 18.0 Å². The number of benzene rings is 1. The van der Waals surface area contributed by atoms with Crippen molar-refractivity contribution in [3.05, 3.63) is 23.8 Å². The molecule has 2 rings (SSSR count). The SMILES string of the molecule is CC(NOCC(F)(F)F)c1ccc2c(c1)NC(=O)CO2. The normalized spacial score (nSPS) is 16.1. The minimum absolute atomic E-state index is 0.0468. The number of amides is 1. The van der Waals surface area contributed by atoms with Gasteiger partial charge in [0.15, 0.2) is 13.2 Å². The van der Waals surface area contributed by atoms with Crippen LogP contribution in [0.25, 0.3) is 0 Å². The van der Waals surface area contributed by atoms with Crippen LogP contribution in [0.1, 0.15) is 18.5 Å². The molecule has 1 amide bonds. The van der Waals surface area contributed by atoms with E-state index in [2.05, 4.69) is 15.6 Å². The van der Waals surface area contributed by atoms with Crippen molar-refractivity contribution in [2.45, 2.75) is 19.1 Å². The number of hydrogen-bond acceptors (Lipinski definition) is 4. The maximum atomic E-state index is 11.9. The number of anilines is 1. The van der Waals surface area contributed by atoms with E-state index < -0.39 is 18.8 Å². The van der Waals surface area contributed by atoms with Gasteiger partial charge in [0.05, 0.1) is 11.7 Å². The average Bonchev–Trinajstić information content (AvgIpc) is 2.36. The minimum Gasteiger partial charge on any atom is -0.482 e. The summed E-state index contributed by atoms with van der Waals surface area (Å²) in [5.41, 5.74) is 3.45. The highest BCUT2D eigenvalue weighted by molar-refractivity contribution is 5.95. The largest absolute Gasteiger partial charge is 0.482 e. The minimum atomic E-state index is -4.38. The van der Waals surface area contributed by atoms with Crippen molar-refractivity contribution in [1.82, 2.24) is 5.48 Å². The highest BCUT2D eigenvalue weighted by Gasteiger charge is 2.28. The fourth-order valence-corrected chi connectivity index (χ4v) is 1.69. The zero-order valence-electron chi connectivity index (χ0n) is 10.6. The summed E-state index contributed by atoms with van der Waals surface area (Å²) in [4.78, 5) is 15.6. The van der Waals surface area contributed by atoms with Gasteiger partial charge in [-0.15, -0.1) is 0 Å². The molecule has 0 spiro atoms. The zero-order chi connectivity index (χ0) is 14.8. The van der Waals surface area contributed by atoms with Crippen LogP contribution < -0.4 is 15.5 Å². The topological polar surface area (TPSA) is 59.6 Å². The molecule has 0 aromatic heterocycles. The summed E-state index contributed by atoms with van der Waals surface area (Å²) in [6, 6.07) is 4.49. The molecule has 2 N–H and O–H groups in total. The molecule has 1 atom stereocenters. The Morgan fingerprint density at radius 3 is 2.95 bits per heavy atom. The molecular formula is C12H13F3N2O3. The van der Waals surface area contributed by atoms with E-state index in [1.54, 1.807) is 25.1 Å². The number of ether oxygens (including phenoxy) is 1. The predicted molar refractivity (Wildman–Crippen MR) is 64.1 cm³/mol. The molecule has 0 aliphatic carbocycles. The summed E-state index contributed by atoms with van der Waals surface area (Å²) in [7, 11) is 0. The first kappa shape index (κ1) is 14.6. The smallest absolute Gasteiger partial charge is 0.413 e. The summed E-state index contributed by atoms with van der Waals surface area (Å²) in [5.74, 6) is 0.250. The lowest BCUT2D eigenvalue weighted by atomic mass is 10.1. The van der Waals surface area contributed by atoms with Crippen LogP contribution in [0, 0.1) is 0 Å². The van der Waals surface area contributed by atoms with Crippen molar-refractivity contribution in [3.63, 3.8) is 0 Å². The Kier molecular flexibility index (Phi) is 4.15. The maximum Gasteiger partial charge on any atom is 0.413 e. The van der Waals surface area contributed by atoms with Crippen LogP contribution in [0.4, 0.5) is 18.9 Å². The summed E-state index contributed by atoms with van der Waals surface area (Å²) < 4.78 is 41.0. The fourth-order valence-electron chi connectivity index (χ4n) is 1.69. The number of nitrogens with one attached hydrogen (secondary N) is 2. The quantitative estimate of drug-likeness (QED) is 0.834. The molecule has 0 bridgehead atoms. The molecule has 1 aromatic rings. The molecule has 0 radical (unpaired) electrons. The lowest BCUT2D eigenvalue weighted by molar-refractivity contribution is -0.192. The van der Waals surface area contributed by atoms with Gasteiger partial charge in [-0.3, -0.25) is 9.63 Å². The number of rotatable bonds is 4. The second-order valence-corrected chi connectivity index (χ2v) is 4.34. The first-order chi connectivity index (χ1) is 9.35. The van der Waals surface area contributed by atoms with Crippen molar-refractivity contribution >= 4 is 11.6 Å². The van der Waals surface area contributed by atoms with Crippen molar-refractivity contribution in [3.8, 4) is 5.75 Å². The summed E-state index contributed by atoms with van der Waals surface area (Å²) in [6.45, 7) is 0.223. The molecular weight excluding hydrogens is 277 g/mol. The van der Waals surface area contributed by atoms with Gasteiger partial charge in [0.25, 0.3) is 5.91 Å². The van der Waals surface area contributed by atoms with E-state index in [1.807, 2.05) is 0 Å². The van der Waals surface area contributed by atoms with E-state index in [1.165, 1.54) is 0 Å². The zero-order valence-corrected chi connectivity index (χ0v) is 10.6. The van der Waals surface area contributed by atoms with Crippen LogP contribution in [0.2, 0.25) is 0 Å². The van der Waals surface area contributed by atoms with Gasteiger partial charge in [-0.1, -0.05) is 6.07 Å². The maximum absolute atomic E-state index is 11.9. The van der Waals surface area contributed by atoms with Gasteiger partial charge < -0.3 is 10.1 Å². The van der Waals surface area contributed by atoms with Crippen LogP contribution in [0.15, 0.2) is 18.2 Å². The van der Waals surface area contributed by atoms with Gasteiger partial charge in [0.2, 0.25) is 0 Å². The molecule has 8 heteroatoms. The van der Waals surface area contributed by atoms with Crippen molar-refractivity contribution in [1.29, 1.82) is 0 Å². The van der Waals surface area contributed by atoms with Crippen LogP contribution in [-0.4, -0.2) is 25.3 Å². The number of carbonyl (C=O) groups excluding carboxylic acids is 1. The van der Waals surface area contributed by atoms with E-state index >= 15 is 0 Å². The second kappa shape index (κ2) is 5.68. The van der Waals surface area contributed by atoms with E-state index in [4.69, 9.17) is 4.74 Å². The van der Waals surface area contributed by atoms with Gasteiger partial charge in [0.1, 0.15) is 5.75 Å². The monoisotopic (exact) mass is 290 g/mol. The average molecular weight is 290 g/mol. The molecule has 0 saturated carbocycles. The third-order valence-electron chi connectivity index (χ3n) is 2.63. The number of carbonyl (C=O) groups is 1. The Hall–Kier alpha value is -1.80. The van der Waals surface area contributed by atoms with E-state index in [0.29, 0.717) is 17.0 Å². The van der Waals surface area contributed by atoms with Crippen molar-refractivity contribution < 1.29 is 27.5 Å². The molecule has 0 fully saturated rings. The Bertz CT molecular complexity index is 505. The summed E-state index contributed by atoms with van der Waals surface area (Å²) >= 11 is 0. The molecule has 20 heavy (non-hydrogen) atoms. The van der Waals surface area contributed by atoms with Crippen molar-refractivity contribution in [2.75, 3.05) is 18.5 Å². The Balaban J connectivity index is 1.98. The Morgan fingerprint density at radius 1 is 1.50 bits per heavy atom. The van der Waals surface area contributed by atoms with E-state index in [0.717, 1.165) is 0 Å². The number of hydrogen-bond donors (Lipinski definition) is 2. The standard InChI is InChI=1S/C12H13F3N2O3/c1-7(17-20-6-12(13,14)15)8-2-3-10-9(4-8)16-11(18)5-19-10/h2-4,7,17H,5-6H2,1H3,(H,16,18). The number of alkyl halides is 3. The van der Waals surface area contributed by atoms with Gasteiger partial charge >= 0.3 is 6.18 Å². The van der Waals surface area contributed by atoms with Crippen LogP contribution in [0.3, 0.4) is 0 Å². The second-order valence-electron chi connectivity index (χ2n) is 4.34. The first-order valence-corrected chi connectivity index (χ1v) is 5.86. The number of hydroxylamine groups is 1. The highest BCUT2D eigenvalue weighted by atomic mass is 19.4. The van der Waals surface area contributed by atoms with Gasteiger partial charge in [-0.2, -0.15) is 18.7 Å². The molecule has 5 nitrogen and oxygen atoms in total.